The first-order valence-electron chi connectivity index (χ1n) is 9.85. The van der Waals surface area contributed by atoms with E-state index in [1.54, 1.807) is 23.9 Å². The fourth-order valence-corrected chi connectivity index (χ4v) is 4.81. The number of fused-ring (bicyclic) bond motifs is 1. The second-order valence-electron chi connectivity index (χ2n) is 7.12. The van der Waals surface area contributed by atoms with E-state index in [1.165, 1.54) is 23.5 Å². The molecule has 1 N–H and O–H groups in total. The molecule has 1 atom stereocenters. The number of amides is 1. The standard InChI is InChI=1S/C22H22FN5OS2/c1-14-20(31-19(24-14)13-15-6-8-16(23)9-7-15)22(29)25-17(10-12-30-2)21-27-26-18-5-3-4-11-28(18)21/h3-9,11,17H,10,12-13H2,1-2H3,(H,25,29). The van der Waals surface area contributed by atoms with E-state index in [-0.39, 0.29) is 17.8 Å². The van der Waals surface area contributed by atoms with Crippen LogP contribution in [-0.2, 0) is 6.42 Å². The average molecular weight is 456 g/mol. The largest absolute Gasteiger partial charge is 0.341 e. The number of thiazole rings is 1. The summed E-state index contributed by atoms with van der Waals surface area (Å²) in [7, 11) is 0. The number of carbonyl (C=O) groups is 1. The lowest BCUT2D eigenvalue weighted by atomic mass is 10.1. The summed E-state index contributed by atoms with van der Waals surface area (Å²) >= 11 is 3.09. The van der Waals surface area contributed by atoms with Gasteiger partial charge in [-0.1, -0.05) is 18.2 Å². The second kappa shape index (κ2) is 9.57. The van der Waals surface area contributed by atoms with Crippen molar-refractivity contribution >= 4 is 34.7 Å². The molecule has 0 radical (unpaired) electrons. The zero-order valence-corrected chi connectivity index (χ0v) is 18.8. The maximum Gasteiger partial charge on any atom is 0.263 e. The number of hydrogen-bond donors (Lipinski definition) is 1. The maximum absolute atomic E-state index is 13.1. The van der Waals surface area contributed by atoms with Crippen molar-refractivity contribution in [3.63, 3.8) is 0 Å². The zero-order chi connectivity index (χ0) is 21.8. The van der Waals surface area contributed by atoms with Gasteiger partial charge in [0.25, 0.3) is 5.91 Å². The first-order chi connectivity index (χ1) is 15.0. The molecule has 1 amide bonds. The van der Waals surface area contributed by atoms with Crippen LogP contribution in [0, 0.1) is 12.7 Å². The molecule has 6 nitrogen and oxygen atoms in total. The third-order valence-electron chi connectivity index (χ3n) is 4.88. The number of aromatic nitrogens is 4. The molecular weight excluding hydrogens is 433 g/mol. The van der Waals surface area contributed by atoms with Crippen molar-refractivity contribution in [2.24, 2.45) is 0 Å². The molecule has 4 rings (SSSR count). The molecule has 0 aliphatic heterocycles. The molecule has 31 heavy (non-hydrogen) atoms. The number of nitrogens with one attached hydrogen (secondary N) is 1. The van der Waals surface area contributed by atoms with Gasteiger partial charge in [-0.05, 0) is 55.2 Å². The van der Waals surface area contributed by atoms with Crippen molar-refractivity contribution in [1.29, 1.82) is 0 Å². The minimum atomic E-state index is -0.267. The first kappa shape index (κ1) is 21.5. The van der Waals surface area contributed by atoms with E-state index in [0.29, 0.717) is 22.8 Å². The molecule has 3 aromatic heterocycles. The van der Waals surface area contributed by atoms with Gasteiger partial charge in [-0.2, -0.15) is 11.8 Å². The van der Waals surface area contributed by atoms with Crippen molar-refractivity contribution in [3.05, 3.63) is 81.4 Å². The Kier molecular flexibility index (Phi) is 6.62. The molecule has 0 fully saturated rings. The molecule has 0 aliphatic rings. The van der Waals surface area contributed by atoms with Gasteiger partial charge in [0.15, 0.2) is 11.5 Å². The highest BCUT2D eigenvalue weighted by atomic mass is 32.2. The topological polar surface area (TPSA) is 72.2 Å². The Morgan fingerprint density at radius 2 is 2.03 bits per heavy atom. The van der Waals surface area contributed by atoms with Crippen LogP contribution >= 0.6 is 23.1 Å². The van der Waals surface area contributed by atoms with Crippen molar-refractivity contribution in [1.82, 2.24) is 24.9 Å². The lowest BCUT2D eigenvalue weighted by Gasteiger charge is -2.16. The Bertz CT molecular complexity index is 1190. The molecule has 9 heteroatoms. The summed E-state index contributed by atoms with van der Waals surface area (Å²) in [5, 5.41) is 12.5. The van der Waals surface area contributed by atoms with Gasteiger partial charge in [-0.15, -0.1) is 21.5 Å². The molecule has 1 aromatic carbocycles. The maximum atomic E-state index is 13.1. The smallest absolute Gasteiger partial charge is 0.263 e. The fraction of sp³-hybridized carbons (Fsp3) is 0.273. The number of rotatable bonds is 8. The van der Waals surface area contributed by atoms with E-state index >= 15 is 0 Å². The van der Waals surface area contributed by atoms with Crippen molar-refractivity contribution < 1.29 is 9.18 Å². The van der Waals surface area contributed by atoms with Crippen LogP contribution < -0.4 is 5.32 Å². The van der Waals surface area contributed by atoms with E-state index in [0.717, 1.165) is 28.4 Å². The van der Waals surface area contributed by atoms with Crippen LogP contribution in [0.2, 0.25) is 0 Å². The van der Waals surface area contributed by atoms with Gasteiger partial charge < -0.3 is 5.32 Å². The van der Waals surface area contributed by atoms with Crippen molar-refractivity contribution in [2.75, 3.05) is 12.0 Å². The van der Waals surface area contributed by atoms with E-state index in [4.69, 9.17) is 0 Å². The summed E-state index contributed by atoms with van der Waals surface area (Å²) < 4.78 is 15.1. The summed E-state index contributed by atoms with van der Waals surface area (Å²) in [5.41, 5.74) is 2.39. The van der Waals surface area contributed by atoms with E-state index in [2.05, 4.69) is 20.5 Å². The van der Waals surface area contributed by atoms with Crippen LogP contribution in [-0.4, -0.2) is 37.5 Å². The van der Waals surface area contributed by atoms with Crippen LogP contribution in [0.15, 0.2) is 48.7 Å². The number of hydrogen-bond acceptors (Lipinski definition) is 6. The Morgan fingerprint density at radius 3 is 2.81 bits per heavy atom. The quantitative estimate of drug-likeness (QED) is 0.425. The summed E-state index contributed by atoms with van der Waals surface area (Å²) in [6, 6.07) is 11.8. The van der Waals surface area contributed by atoms with Gasteiger partial charge in [0.1, 0.15) is 10.7 Å². The lowest BCUT2D eigenvalue weighted by molar-refractivity contribution is 0.0937. The normalized spacial score (nSPS) is 12.2. The molecular formula is C22H22FN5OS2. The zero-order valence-electron chi connectivity index (χ0n) is 17.2. The number of pyridine rings is 1. The molecule has 3 heterocycles. The van der Waals surface area contributed by atoms with Gasteiger partial charge in [0.2, 0.25) is 0 Å². The Hall–Kier alpha value is -2.78. The highest BCUT2D eigenvalue weighted by molar-refractivity contribution is 7.98. The van der Waals surface area contributed by atoms with Crippen molar-refractivity contribution in [2.45, 2.75) is 25.8 Å². The number of thioether (sulfide) groups is 1. The third-order valence-corrected chi connectivity index (χ3v) is 6.68. The number of benzene rings is 1. The molecule has 0 aliphatic carbocycles. The first-order valence-corrected chi connectivity index (χ1v) is 12.1. The predicted molar refractivity (Wildman–Crippen MR) is 122 cm³/mol. The minimum absolute atomic E-state index is 0.167. The van der Waals surface area contributed by atoms with Gasteiger partial charge in [-0.25, -0.2) is 9.37 Å². The molecule has 0 bridgehead atoms. The van der Waals surface area contributed by atoms with Crippen LogP contribution in [0.3, 0.4) is 0 Å². The molecule has 160 valence electrons. The van der Waals surface area contributed by atoms with Crippen LogP contribution in [0.25, 0.3) is 5.65 Å². The van der Waals surface area contributed by atoms with Crippen LogP contribution in [0.1, 0.15) is 44.2 Å². The highest BCUT2D eigenvalue weighted by Crippen LogP contribution is 2.24. The lowest BCUT2D eigenvalue weighted by Crippen LogP contribution is -2.30. The average Bonchev–Trinajstić information content (AvgIpc) is 3.36. The Morgan fingerprint density at radius 1 is 1.23 bits per heavy atom. The Labute approximate surface area is 187 Å². The molecule has 0 saturated heterocycles. The predicted octanol–water partition coefficient (Wildman–Crippen LogP) is 4.45. The highest BCUT2D eigenvalue weighted by Gasteiger charge is 2.23. The van der Waals surface area contributed by atoms with Gasteiger partial charge >= 0.3 is 0 Å². The van der Waals surface area contributed by atoms with Gasteiger partial charge in [-0.3, -0.25) is 9.20 Å². The SMILES string of the molecule is CSCCC(NC(=O)c1sc(Cc2ccc(F)cc2)nc1C)c1nnc2ccccn12. The summed E-state index contributed by atoms with van der Waals surface area (Å²) in [6.07, 6.45) is 5.24. The van der Waals surface area contributed by atoms with E-state index < -0.39 is 0 Å². The number of halogens is 1. The second-order valence-corrected chi connectivity index (χ2v) is 9.19. The van der Waals surface area contributed by atoms with Gasteiger partial charge in [0, 0.05) is 12.6 Å². The van der Waals surface area contributed by atoms with Crippen molar-refractivity contribution in [3.8, 4) is 0 Å². The minimum Gasteiger partial charge on any atom is -0.341 e. The summed E-state index contributed by atoms with van der Waals surface area (Å²) in [6.45, 7) is 1.84. The third kappa shape index (κ3) is 4.94. The molecule has 0 spiro atoms. The molecule has 1 unspecified atom stereocenters. The number of carbonyl (C=O) groups excluding carboxylic acids is 1. The van der Waals surface area contributed by atoms with Gasteiger partial charge in [0.05, 0.1) is 16.7 Å². The Balaban J connectivity index is 1.54. The monoisotopic (exact) mass is 455 g/mol. The van der Waals surface area contributed by atoms with E-state index in [9.17, 15) is 9.18 Å². The summed E-state index contributed by atoms with van der Waals surface area (Å²) in [4.78, 5) is 18.3. The molecule has 0 saturated carbocycles. The molecule has 4 aromatic rings. The summed E-state index contributed by atoms with van der Waals surface area (Å²) in [5.74, 6) is 1.16. The van der Waals surface area contributed by atoms with Crippen LogP contribution in [0.5, 0.6) is 0 Å². The number of aryl methyl sites for hydroxylation is 1. The number of nitrogens with zero attached hydrogens (tertiary/aromatic N) is 4. The van der Waals surface area contributed by atoms with E-state index in [1.807, 2.05) is 42.0 Å². The van der Waals surface area contributed by atoms with Crippen LogP contribution in [0.4, 0.5) is 4.39 Å². The fourth-order valence-electron chi connectivity index (χ4n) is 3.34.